The zero-order valence-corrected chi connectivity index (χ0v) is 12.8. The first-order valence-corrected chi connectivity index (χ1v) is 8.07. The molecule has 0 spiro atoms. The fourth-order valence-corrected chi connectivity index (χ4v) is 2.73. The van der Waals surface area contributed by atoms with E-state index in [9.17, 15) is 4.79 Å². The van der Waals surface area contributed by atoms with E-state index in [1.165, 1.54) is 51.6 Å². The molecule has 0 aromatic carbocycles. The third-order valence-corrected chi connectivity index (χ3v) is 4.00. The zero-order chi connectivity index (χ0) is 14.9. The first-order chi connectivity index (χ1) is 10.3. The lowest BCUT2D eigenvalue weighted by atomic mass is 10.1. The Kier molecular flexibility index (Phi) is 6.76. The molecule has 1 aromatic heterocycles. The predicted octanol–water partition coefficient (Wildman–Crippen LogP) is 2.12. The number of furan rings is 1. The van der Waals surface area contributed by atoms with Crippen molar-refractivity contribution in [2.24, 2.45) is 5.73 Å². The van der Waals surface area contributed by atoms with Crippen molar-refractivity contribution in [3.8, 4) is 0 Å². The number of piperidine rings is 1. The van der Waals surface area contributed by atoms with Crippen molar-refractivity contribution in [3.05, 3.63) is 23.7 Å². The highest BCUT2D eigenvalue weighted by Crippen LogP contribution is 2.10. The van der Waals surface area contributed by atoms with Gasteiger partial charge in [0.2, 0.25) is 0 Å². The number of likely N-dealkylation sites (tertiary alicyclic amines) is 1. The molecule has 5 nitrogen and oxygen atoms in total. The van der Waals surface area contributed by atoms with Crippen LogP contribution in [0.5, 0.6) is 0 Å². The Morgan fingerprint density at radius 3 is 2.76 bits per heavy atom. The minimum absolute atomic E-state index is 0.0746. The number of hydrogen-bond donors (Lipinski definition) is 2. The van der Waals surface area contributed by atoms with Crippen molar-refractivity contribution in [2.75, 3.05) is 26.2 Å². The smallest absolute Gasteiger partial charge is 0.254 e. The SMILES string of the molecule is NCc1cc(C(=O)NCCCCCN2CCCCC2)co1. The largest absolute Gasteiger partial charge is 0.467 e. The molecule has 1 aliphatic rings. The van der Waals surface area contributed by atoms with Crippen LogP contribution in [0.4, 0.5) is 0 Å². The van der Waals surface area contributed by atoms with Gasteiger partial charge >= 0.3 is 0 Å². The van der Waals surface area contributed by atoms with Gasteiger partial charge in [0.1, 0.15) is 12.0 Å². The van der Waals surface area contributed by atoms with Crippen LogP contribution >= 0.6 is 0 Å². The summed E-state index contributed by atoms with van der Waals surface area (Å²) in [6.07, 6.45) is 8.98. The molecule has 1 fully saturated rings. The molecule has 3 N–H and O–H groups in total. The maximum Gasteiger partial charge on any atom is 0.254 e. The fraction of sp³-hybridized carbons (Fsp3) is 0.688. The number of amides is 1. The first kappa shape index (κ1) is 16.0. The maximum atomic E-state index is 11.8. The summed E-state index contributed by atoms with van der Waals surface area (Å²) in [6.45, 7) is 4.78. The van der Waals surface area contributed by atoms with Crippen LogP contribution < -0.4 is 11.1 Å². The van der Waals surface area contributed by atoms with Gasteiger partial charge in [-0.3, -0.25) is 4.79 Å². The fourth-order valence-electron chi connectivity index (χ4n) is 2.73. The van der Waals surface area contributed by atoms with E-state index in [0.717, 1.165) is 19.4 Å². The van der Waals surface area contributed by atoms with E-state index in [-0.39, 0.29) is 5.91 Å². The quantitative estimate of drug-likeness (QED) is 0.720. The molecule has 2 rings (SSSR count). The van der Waals surface area contributed by atoms with Crippen molar-refractivity contribution >= 4 is 5.91 Å². The first-order valence-electron chi connectivity index (χ1n) is 8.07. The third-order valence-electron chi connectivity index (χ3n) is 4.00. The molecular weight excluding hydrogens is 266 g/mol. The molecule has 1 aliphatic heterocycles. The minimum Gasteiger partial charge on any atom is -0.467 e. The van der Waals surface area contributed by atoms with Crippen molar-refractivity contribution in [2.45, 2.75) is 45.1 Å². The molecule has 0 unspecified atom stereocenters. The maximum absolute atomic E-state index is 11.8. The van der Waals surface area contributed by atoms with Gasteiger partial charge in [0.15, 0.2) is 0 Å². The Labute approximate surface area is 126 Å². The zero-order valence-electron chi connectivity index (χ0n) is 12.8. The van der Waals surface area contributed by atoms with E-state index >= 15 is 0 Å². The van der Waals surface area contributed by atoms with Gasteiger partial charge in [-0.2, -0.15) is 0 Å². The van der Waals surface area contributed by atoms with E-state index in [1.807, 2.05) is 0 Å². The number of nitrogens with two attached hydrogens (primary N) is 1. The number of rotatable bonds is 8. The Balaban J connectivity index is 1.52. The summed E-state index contributed by atoms with van der Waals surface area (Å²) < 4.78 is 5.16. The number of carbonyl (C=O) groups excluding carboxylic acids is 1. The van der Waals surface area contributed by atoms with Gasteiger partial charge in [-0.25, -0.2) is 0 Å². The van der Waals surface area contributed by atoms with Crippen LogP contribution in [-0.2, 0) is 6.54 Å². The van der Waals surface area contributed by atoms with Crippen molar-refractivity contribution in [1.82, 2.24) is 10.2 Å². The van der Waals surface area contributed by atoms with Gasteiger partial charge in [-0.1, -0.05) is 12.8 Å². The van der Waals surface area contributed by atoms with Crippen LogP contribution in [0.2, 0.25) is 0 Å². The second kappa shape index (κ2) is 8.85. The Hall–Kier alpha value is -1.33. The van der Waals surface area contributed by atoms with Crippen LogP contribution in [0, 0.1) is 0 Å². The van der Waals surface area contributed by atoms with Gasteiger partial charge in [0.05, 0.1) is 12.1 Å². The normalized spacial score (nSPS) is 16.0. The summed E-state index contributed by atoms with van der Waals surface area (Å²) in [5.41, 5.74) is 6.01. The monoisotopic (exact) mass is 293 g/mol. The number of nitrogens with one attached hydrogen (secondary N) is 1. The van der Waals surface area contributed by atoms with Crippen molar-refractivity contribution in [1.29, 1.82) is 0 Å². The van der Waals surface area contributed by atoms with Crippen LogP contribution in [0.15, 0.2) is 16.7 Å². The molecule has 1 aromatic rings. The molecule has 21 heavy (non-hydrogen) atoms. The molecule has 1 saturated heterocycles. The summed E-state index contributed by atoms with van der Waals surface area (Å²) in [5.74, 6) is 0.566. The van der Waals surface area contributed by atoms with Crippen molar-refractivity contribution in [3.63, 3.8) is 0 Å². The molecule has 0 saturated carbocycles. The van der Waals surface area contributed by atoms with Crippen molar-refractivity contribution < 1.29 is 9.21 Å². The highest BCUT2D eigenvalue weighted by atomic mass is 16.3. The number of carbonyl (C=O) groups is 1. The minimum atomic E-state index is -0.0746. The lowest BCUT2D eigenvalue weighted by molar-refractivity contribution is 0.0952. The van der Waals surface area contributed by atoms with E-state index in [0.29, 0.717) is 17.9 Å². The summed E-state index contributed by atoms with van der Waals surface area (Å²) in [4.78, 5) is 14.4. The molecule has 118 valence electrons. The van der Waals surface area contributed by atoms with Crippen LogP contribution in [0.25, 0.3) is 0 Å². The lowest BCUT2D eigenvalue weighted by Gasteiger charge is -2.26. The Morgan fingerprint density at radius 2 is 2.05 bits per heavy atom. The Bertz CT molecular complexity index is 425. The van der Waals surface area contributed by atoms with Gasteiger partial charge in [-0.05, 0) is 51.4 Å². The van der Waals surface area contributed by atoms with Crippen LogP contribution in [0.3, 0.4) is 0 Å². The molecule has 0 bridgehead atoms. The Morgan fingerprint density at radius 1 is 1.24 bits per heavy atom. The summed E-state index contributed by atoms with van der Waals surface area (Å²) >= 11 is 0. The van der Waals surface area contributed by atoms with Gasteiger partial charge in [0, 0.05) is 6.54 Å². The standard InChI is InChI=1S/C16H27N3O2/c17-12-15-11-14(13-21-15)16(20)18-7-3-1-4-8-19-9-5-2-6-10-19/h11,13H,1-10,12,17H2,(H,18,20). The third kappa shape index (κ3) is 5.52. The van der Waals surface area contributed by atoms with Crippen LogP contribution in [0.1, 0.15) is 54.6 Å². The second-order valence-electron chi connectivity index (χ2n) is 5.72. The summed E-state index contributed by atoms with van der Waals surface area (Å²) in [6, 6.07) is 1.70. The van der Waals surface area contributed by atoms with Gasteiger partial charge in [0.25, 0.3) is 5.91 Å². The number of nitrogens with zero attached hydrogens (tertiary/aromatic N) is 1. The number of hydrogen-bond acceptors (Lipinski definition) is 4. The molecule has 0 atom stereocenters. The van der Waals surface area contributed by atoms with E-state index in [4.69, 9.17) is 10.2 Å². The average molecular weight is 293 g/mol. The second-order valence-corrected chi connectivity index (χ2v) is 5.72. The summed E-state index contributed by atoms with van der Waals surface area (Å²) in [7, 11) is 0. The predicted molar refractivity (Wildman–Crippen MR) is 83.1 cm³/mol. The molecule has 1 amide bonds. The summed E-state index contributed by atoms with van der Waals surface area (Å²) in [5, 5.41) is 2.92. The molecule has 0 aliphatic carbocycles. The molecular formula is C16H27N3O2. The molecule has 5 heteroatoms. The highest BCUT2D eigenvalue weighted by Gasteiger charge is 2.10. The van der Waals surface area contributed by atoms with E-state index < -0.39 is 0 Å². The van der Waals surface area contributed by atoms with E-state index in [1.54, 1.807) is 6.07 Å². The molecule has 0 radical (unpaired) electrons. The highest BCUT2D eigenvalue weighted by molar-refractivity contribution is 5.93. The average Bonchev–Trinajstić information content (AvgIpc) is 3.00. The molecule has 2 heterocycles. The number of unbranched alkanes of at least 4 members (excludes halogenated alkanes) is 2. The van der Waals surface area contributed by atoms with Gasteiger partial charge < -0.3 is 20.4 Å². The van der Waals surface area contributed by atoms with Gasteiger partial charge in [-0.15, -0.1) is 0 Å². The van der Waals surface area contributed by atoms with E-state index in [2.05, 4.69) is 10.2 Å². The van der Waals surface area contributed by atoms with Crippen LogP contribution in [-0.4, -0.2) is 37.0 Å². The topological polar surface area (TPSA) is 71.5 Å². The lowest BCUT2D eigenvalue weighted by Crippen LogP contribution is -2.30.